The van der Waals surface area contributed by atoms with Crippen LogP contribution in [-0.2, 0) is 6.54 Å². The van der Waals surface area contributed by atoms with E-state index in [2.05, 4.69) is 82.9 Å². The molecule has 0 atom stereocenters. The Bertz CT molecular complexity index is 579. The van der Waals surface area contributed by atoms with Crippen LogP contribution in [-0.4, -0.2) is 17.0 Å². The fourth-order valence-corrected chi connectivity index (χ4v) is 2.31. The van der Waals surface area contributed by atoms with Gasteiger partial charge in [-0.2, -0.15) is 0 Å². The Morgan fingerprint density at radius 2 is 1.80 bits per heavy atom. The lowest BCUT2D eigenvalue weighted by atomic mass is 10.1. The van der Waals surface area contributed by atoms with Gasteiger partial charge in [0.15, 0.2) is 0 Å². The van der Waals surface area contributed by atoms with Gasteiger partial charge in [0.25, 0.3) is 0 Å². The van der Waals surface area contributed by atoms with Crippen molar-refractivity contribution in [2.45, 2.75) is 33.2 Å². The van der Waals surface area contributed by atoms with Gasteiger partial charge in [-0.3, -0.25) is 0 Å². The third-order valence-corrected chi connectivity index (χ3v) is 3.55. The summed E-state index contributed by atoms with van der Waals surface area (Å²) in [5, 5.41) is 0. The highest BCUT2D eigenvalue weighted by Gasteiger charge is 2.10. The SMILES string of the molecule is Cc1ccc(CN(C)c2cc(Br)nc(C(C)C)n2)cc1. The second-order valence-corrected chi connectivity index (χ2v) is 6.22. The summed E-state index contributed by atoms with van der Waals surface area (Å²) in [7, 11) is 2.05. The number of halogens is 1. The maximum Gasteiger partial charge on any atom is 0.134 e. The molecule has 0 saturated carbocycles. The maximum absolute atomic E-state index is 4.63. The van der Waals surface area contributed by atoms with Crippen LogP contribution in [0.15, 0.2) is 34.9 Å². The molecular formula is C16H20BrN3. The number of benzene rings is 1. The second-order valence-electron chi connectivity index (χ2n) is 5.40. The first kappa shape index (κ1) is 15.0. The molecule has 2 rings (SSSR count). The van der Waals surface area contributed by atoms with E-state index < -0.39 is 0 Å². The van der Waals surface area contributed by atoms with Crippen molar-refractivity contribution in [2.24, 2.45) is 0 Å². The Morgan fingerprint density at radius 3 is 2.40 bits per heavy atom. The molecule has 1 aromatic heterocycles. The van der Waals surface area contributed by atoms with Crippen molar-refractivity contribution in [3.8, 4) is 0 Å². The summed E-state index contributed by atoms with van der Waals surface area (Å²) >= 11 is 3.47. The van der Waals surface area contributed by atoms with Crippen molar-refractivity contribution >= 4 is 21.7 Å². The van der Waals surface area contributed by atoms with Crippen LogP contribution >= 0.6 is 15.9 Å². The summed E-state index contributed by atoms with van der Waals surface area (Å²) in [5.74, 6) is 2.13. The third-order valence-electron chi connectivity index (χ3n) is 3.15. The zero-order valence-corrected chi connectivity index (χ0v) is 14.0. The van der Waals surface area contributed by atoms with E-state index in [0.717, 1.165) is 22.8 Å². The van der Waals surface area contributed by atoms with Crippen molar-refractivity contribution in [1.82, 2.24) is 9.97 Å². The van der Waals surface area contributed by atoms with E-state index in [-0.39, 0.29) is 0 Å². The van der Waals surface area contributed by atoms with Crippen molar-refractivity contribution in [3.05, 3.63) is 51.9 Å². The van der Waals surface area contributed by atoms with Crippen LogP contribution in [0.2, 0.25) is 0 Å². The Kier molecular flexibility index (Phi) is 4.76. The van der Waals surface area contributed by atoms with Crippen molar-refractivity contribution in [1.29, 1.82) is 0 Å². The first-order valence-electron chi connectivity index (χ1n) is 6.77. The van der Waals surface area contributed by atoms with E-state index in [9.17, 15) is 0 Å². The smallest absolute Gasteiger partial charge is 0.134 e. The molecule has 0 aliphatic heterocycles. The fourth-order valence-electron chi connectivity index (χ4n) is 1.92. The molecule has 0 saturated heterocycles. The van der Waals surface area contributed by atoms with E-state index in [4.69, 9.17) is 0 Å². The van der Waals surface area contributed by atoms with Gasteiger partial charge in [-0.25, -0.2) is 9.97 Å². The average molecular weight is 334 g/mol. The molecule has 0 amide bonds. The molecule has 0 radical (unpaired) electrons. The van der Waals surface area contributed by atoms with Crippen molar-refractivity contribution in [3.63, 3.8) is 0 Å². The van der Waals surface area contributed by atoms with Gasteiger partial charge in [0, 0.05) is 25.6 Å². The van der Waals surface area contributed by atoms with Crippen molar-refractivity contribution < 1.29 is 0 Å². The topological polar surface area (TPSA) is 29.0 Å². The van der Waals surface area contributed by atoms with Crippen LogP contribution in [0.4, 0.5) is 5.82 Å². The molecule has 0 aliphatic rings. The minimum Gasteiger partial charge on any atom is -0.355 e. The lowest BCUT2D eigenvalue weighted by molar-refractivity contribution is 0.757. The van der Waals surface area contributed by atoms with E-state index in [0.29, 0.717) is 5.92 Å². The van der Waals surface area contributed by atoms with E-state index in [1.807, 2.05) is 6.07 Å². The zero-order valence-electron chi connectivity index (χ0n) is 12.4. The zero-order chi connectivity index (χ0) is 14.7. The minimum absolute atomic E-state index is 0.319. The molecule has 106 valence electrons. The Hall–Kier alpha value is -1.42. The first-order valence-corrected chi connectivity index (χ1v) is 7.56. The Labute approximate surface area is 129 Å². The van der Waals surface area contributed by atoms with Crippen LogP contribution in [0.5, 0.6) is 0 Å². The number of hydrogen-bond donors (Lipinski definition) is 0. The van der Waals surface area contributed by atoms with Crippen LogP contribution in [0.3, 0.4) is 0 Å². The summed E-state index contributed by atoms with van der Waals surface area (Å²) in [6.07, 6.45) is 0. The largest absolute Gasteiger partial charge is 0.355 e. The number of anilines is 1. The summed E-state index contributed by atoms with van der Waals surface area (Å²) in [5.41, 5.74) is 2.56. The predicted molar refractivity (Wildman–Crippen MR) is 87.1 cm³/mol. The quantitative estimate of drug-likeness (QED) is 0.781. The van der Waals surface area contributed by atoms with Crippen molar-refractivity contribution in [2.75, 3.05) is 11.9 Å². The summed E-state index contributed by atoms with van der Waals surface area (Å²) in [4.78, 5) is 11.2. The number of nitrogens with zero attached hydrogens (tertiary/aromatic N) is 3. The molecule has 0 N–H and O–H groups in total. The van der Waals surface area contributed by atoms with Gasteiger partial charge >= 0.3 is 0 Å². The van der Waals surface area contributed by atoms with Gasteiger partial charge in [-0.1, -0.05) is 43.7 Å². The Balaban J connectivity index is 2.20. The molecule has 1 heterocycles. The normalized spacial score (nSPS) is 10.9. The van der Waals surface area contributed by atoms with Crippen LogP contribution in [0.25, 0.3) is 0 Å². The predicted octanol–water partition coefficient (Wildman–Crippen LogP) is 4.31. The highest BCUT2D eigenvalue weighted by molar-refractivity contribution is 9.10. The van der Waals surface area contributed by atoms with E-state index in [1.54, 1.807) is 0 Å². The van der Waals surface area contributed by atoms with Gasteiger partial charge in [-0.15, -0.1) is 0 Å². The van der Waals surface area contributed by atoms with Crippen LogP contribution in [0, 0.1) is 6.92 Å². The molecule has 3 nitrogen and oxygen atoms in total. The lowest BCUT2D eigenvalue weighted by Gasteiger charge is -2.19. The Morgan fingerprint density at radius 1 is 1.15 bits per heavy atom. The van der Waals surface area contributed by atoms with Gasteiger partial charge in [0.1, 0.15) is 16.2 Å². The molecule has 20 heavy (non-hydrogen) atoms. The summed E-state index contributed by atoms with van der Waals surface area (Å²) in [6.45, 7) is 7.14. The highest BCUT2D eigenvalue weighted by atomic mass is 79.9. The monoisotopic (exact) mass is 333 g/mol. The molecule has 0 bridgehead atoms. The van der Waals surface area contributed by atoms with Gasteiger partial charge in [0.05, 0.1) is 0 Å². The second kappa shape index (κ2) is 6.35. The van der Waals surface area contributed by atoms with Gasteiger partial charge < -0.3 is 4.90 Å². The first-order chi connectivity index (χ1) is 9.45. The van der Waals surface area contributed by atoms with Gasteiger partial charge in [0.2, 0.25) is 0 Å². The average Bonchev–Trinajstić information content (AvgIpc) is 2.40. The van der Waals surface area contributed by atoms with E-state index >= 15 is 0 Å². The molecule has 0 aliphatic carbocycles. The molecule has 2 aromatic rings. The van der Waals surface area contributed by atoms with Crippen LogP contribution < -0.4 is 4.90 Å². The lowest BCUT2D eigenvalue weighted by Crippen LogP contribution is -2.19. The minimum atomic E-state index is 0.319. The van der Waals surface area contributed by atoms with Gasteiger partial charge in [-0.05, 0) is 28.4 Å². The summed E-state index contributed by atoms with van der Waals surface area (Å²) < 4.78 is 0.835. The number of rotatable bonds is 4. The molecule has 1 aromatic carbocycles. The maximum atomic E-state index is 4.63. The molecule has 0 unspecified atom stereocenters. The third kappa shape index (κ3) is 3.79. The highest BCUT2D eigenvalue weighted by Crippen LogP contribution is 2.21. The number of aromatic nitrogens is 2. The van der Waals surface area contributed by atoms with E-state index in [1.165, 1.54) is 11.1 Å². The van der Waals surface area contributed by atoms with Crippen LogP contribution in [0.1, 0.15) is 36.7 Å². The number of hydrogen-bond acceptors (Lipinski definition) is 3. The molecule has 0 fully saturated rings. The number of aryl methyl sites for hydroxylation is 1. The molecule has 0 spiro atoms. The fraction of sp³-hybridized carbons (Fsp3) is 0.375. The molecule has 4 heteroatoms. The standard InChI is InChI=1S/C16H20BrN3/c1-11(2)16-18-14(17)9-15(19-16)20(4)10-13-7-5-12(3)6-8-13/h5-9,11H,10H2,1-4H3. The molecular weight excluding hydrogens is 314 g/mol. The summed E-state index contributed by atoms with van der Waals surface area (Å²) in [6, 6.07) is 10.5.